The molecule has 0 aliphatic heterocycles. The second-order valence-corrected chi connectivity index (χ2v) is 5.05. The molecule has 1 N–H and O–H groups in total. The molecule has 5 heteroatoms. The number of halogens is 2. The van der Waals surface area contributed by atoms with Crippen LogP contribution in [0.15, 0.2) is 18.2 Å². The lowest BCUT2D eigenvalue weighted by molar-refractivity contribution is 0.628. The van der Waals surface area contributed by atoms with Crippen molar-refractivity contribution >= 4 is 17.4 Å². The highest BCUT2D eigenvalue weighted by Crippen LogP contribution is 2.28. The zero-order valence-corrected chi connectivity index (χ0v) is 12.6. The molecule has 0 amide bonds. The molecule has 0 aliphatic carbocycles. The third kappa shape index (κ3) is 3.07. The van der Waals surface area contributed by atoms with E-state index in [-0.39, 0.29) is 5.02 Å². The predicted molar refractivity (Wildman–Crippen MR) is 80.7 cm³/mol. The van der Waals surface area contributed by atoms with E-state index in [1.54, 1.807) is 12.1 Å². The van der Waals surface area contributed by atoms with Crippen LogP contribution in [-0.4, -0.2) is 16.5 Å². The summed E-state index contributed by atoms with van der Waals surface area (Å²) in [5.41, 5.74) is 3.18. The van der Waals surface area contributed by atoms with E-state index >= 15 is 0 Å². The van der Waals surface area contributed by atoms with Crippen LogP contribution in [0.1, 0.15) is 24.7 Å². The van der Waals surface area contributed by atoms with Gasteiger partial charge < -0.3 is 5.32 Å². The molecule has 0 bridgehead atoms. The van der Waals surface area contributed by atoms with Gasteiger partial charge in [-0.3, -0.25) is 0 Å². The Kier molecular flexibility index (Phi) is 4.55. The van der Waals surface area contributed by atoms with Crippen molar-refractivity contribution in [2.75, 3.05) is 11.9 Å². The zero-order valence-electron chi connectivity index (χ0n) is 11.8. The highest BCUT2D eigenvalue weighted by molar-refractivity contribution is 6.31. The second kappa shape index (κ2) is 6.18. The van der Waals surface area contributed by atoms with Crippen molar-refractivity contribution in [1.29, 1.82) is 0 Å². The quantitative estimate of drug-likeness (QED) is 0.909. The molecular weight excluding hydrogens is 277 g/mol. The van der Waals surface area contributed by atoms with Gasteiger partial charge in [0.05, 0.1) is 16.4 Å². The standard InChI is InChI=1S/C15H17ClFN3/c1-4-7-18-15-14(19-9(2)10(3)20-15)11-5-6-13(17)12(16)8-11/h5-6,8H,4,7H2,1-3H3,(H,18,20). The molecule has 0 saturated carbocycles. The van der Waals surface area contributed by atoms with E-state index in [4.69, 9.17) is 11.6 Å². The predicted octanol–water partition coefficient (Wildman–Crippen LogP) is 4.37. The number of anilines is 1. The molecule has 0 atom stereocenters. The molecule has 0 fully saturated rings. The summed E-state index contributed by atoms with van der Waals surface area (Å²) < 4.78 is 13.3. The topological polar surface area (TPSA) is 37.8 Å². The van der Waals surface area contributed by atoms with Crippen LogP contribution in [0.25, 0.3) is 11.3 Å². The van der Waals surface area contributed by atoms with Crippen molar-refractivity contribution in [2.24, 2.45) is 0 Å². The average molecular weight is 294 g/mol. The number of hydrogen-bond acceptors (Lipinski definition) is 3. The molecule has 0 aliphatic rings. The van der Waals surface area contributed by atoms with Gasteiger partial charge in [-0.1, -0.05) is 18.5 Å². The van der Waals surface area contributed by atoms with Crippen LogP contribution in [-0.2, 0) is 0 Å². The Morgan fingerprint density at radius 2 is 1.90 bits per heavy atom. The minimum atomic E-state index is -0.435. The van der Waals surface area contributed by atoms with Gasteiger partial charge in [0.1, 0.15) is 11.5 Å². The Balaban J connectivity index is 2.52. The van der Waals surface area contributed by atoms with E-state index in [0.717, 1.165) is 29.9 Å². The Morgan fingerprint density at radius 3 is 2.55 bits per heavy atom. The summed E-state index contributed by atoms with van der Waals surface area (Å²) in [6, 6.07) is 4.59. The Morgan fingerprint density at radius 1 is 1.20 bits per heavy atom. The van der Waals surface area contributed by atoms with E-state index in [0.29, 0.717) is 11.5 Å². The summed E-state index contributed by atoms with van der Waals surface area (Å²) in [4.78, 5) is 9.09. The van der Waals surface area contributed by atoms with Crippen LogP contribution >= 0.6 is 11.6 Å². The van der Waals surface area contributed by atoms with Gasteiger partial charge in [0, 0.05) is 12.1 Å². The van der Waals surface area contributed by atoms with Gasteiger partial charge in [-0.15, -0.1) is 0 Å². The molecule has 106 valence electrons. The molecule has 2 rings (SSSR count). The summed E-state index contributed by atoms with van der Waals surface area (Å²) in [6.45, 7) is 6.70. The average Bonchev–Trinajstić information content (AvgIpc) is 2.43. The van der Waals surface area contributed by atoms with Crippen molar-refractivity contribution in [2.45, 2.75) is 27.2 Å². The number of rotatable bonds is 4. The van der Waals surface area contributed by atoms with E-state index < -0.39 is 5.82 Å². The highest BCUT2D eigenvalue weighted by atomic mass is 35.5. The maximum absolute atomic E-state index is 13.3. The first kappa shape index (κ1) is 14.7. The number of nitrogens with one attached hydrogen (secondary N) is 1. The van der Waals surface area contributed by atoms with Gasteiger partial charge in [-0.2, -0.15) is 0 Å². The minimum absolute atomic E-state index is 0.0870. The van der Waals surface area contributed by atoms with Crippen molar-refractivity contribution in [1.82, 2.24) is 9.97 Å². The Hall–Kier alpha value is -1.68. The van der Waals surface area contributed by atoms with E-state index in [9.17, 15) is 4.39 Å². The summed E-state index contributed by atoms with van der Waals surface area (Å²) in [5, 5.41) is 3.34. The number of benzene rings is 1. The second-order valence-electron chi connectivity index (χ2n) is 4.65. The van der Waals surface area contributed by atoms with Gasteiger partial charge in [-0.25, -0.2) is 14.4 Å². The first-order chi connectivity index (χ1) is 9.52. The largest absolute Gasteiger partial charge is 0.368 e. The van der Waals surface area contributed by atoms with E-state index in [2.05, 4.69) is 22.2 Å². The van der Waals surface area contributed by atoms with Gasteiger partial charge in [0.25, 0.3) is 0 Å². The third-order valence-electron chi connectivity index (χ3n) is 3.04. The fourth-order valence-corrected chi connectivity index (χ4v) is 2.00. The molecule has 1 aromatic carbocycles. The lowest BCUT2D eigenvalue weighted by Crippen LogP contribution is -2.07. The van der Waals surface area contributed by atoms with Crippen molar-refractivity contribution in [3.63, 3.8) is 0 Å². The van der Waals surface area contributed by atoms with Crippen LogP contribution in [0.4, 0.5) is 10.2 Å². The SMILES string of the molecule is CCCNc1nc(C)c(C)nc1-c1ccc(F)c(Cl)c1. The van der Waals surface area contributed by atoms with Gasteiger partial charge in [0.15, 0.2) is 5.82 Å². The molecule has 0 unspecified atom stereocenters. The summed E-state index contributed by atoms with van der Waals surface area (Å²) >= 11 is 5.85. The van der Waals surface area contributed by atoms with Gasteiger partial charge >= 0.3 is 0 Å². The molecule has 1 heterocycles. The monoisotopic (exact) mass is 293 g/mol. The van der Waals surface area contributed by atoms with Crippen molar-refractivity contribution in [3.05, 3.63) is 40.4 Å². The Labute approximate surface area is 123 Å². The van der Waals surface area contributed by atoms with Crippen molar-refractivity contribution in [3.8, 4) is 11.3 Å². The van der Waals surface area contributed by atoms with Gasteiger partial charge in [-0.05, 0) is 38.5 Å². The molecular formula is C15H17ClFN3. The molecule has 3 nitrogen and oxygen atoms in total. The lowest BCUT2D eigenvalue weighted by Gasteiger charge is -2.13. The van der Waals surface area contributed by atoms with Crippen LogP contribution in [0.2, 0.25) is 5.02 Å². The number of nitrogens with zero attached hydrogens (tertiary/aromatic N) is 2. The maximum Gasteiger partial charge on any atom is 0.152 e. The molecule has 2 aromatic rings. The van der Waals surface area contributed by atoms with Crippen LogP contribution in [0.3, 0.4) is 0 Å². The molecule has 0 saturated heterocycles. The fraction of sp³-hybridized carbons (Fsp3) is 0.333. The fourth-order valence-electron chi connectivity index (χ4n) is 1.81. The number of hydrogen-bond donors (Lipinski definition) is 1. The van der Waals surface area contributed by atoms with Crippen LogP contribution in [0.5, 0.6) is 0 Å². The highest BCUT2D eigenvalue weighted by Gasteiger charge is 2.12. The first-order valence-corrected chi connectivity index (χ1v) is 6.95. The van der Waals surface area contributed by atoms with Gasteiger partial charge in [0.2, 0.25) is 0 Å². The maximum atomic E-state index is 13.3. The number of aryl methyl sites for hydroxylation is 2. The summed E-state index contributed by atoms with van der Waals surface area (Å²) in [7, 11) is 0. The van der Waals surface area contributed by atoms with E-state index in [1.807, 2.05) is 13.8 Å². The smallest absolute Gasteiger partial charge is 0.152 e. The normalized spacial score (nSPS) is 10.7. The summed E-state index contributed by atoms with van der Waals surface area (Å²) in [6.07, 6.45) is 0.984. The molecule has 0 spiro atoms. The molecule has 20 heavy (non-hydrogen) atoms. The van der Waals surface area contributed by atoms with Crippen LogP contribution in [0, 0.1) is 19.7 Å². The third-order valence-corrected chi connectivity index (χ3v) is 3.33. The minimum Gasteiger partial charge on any atom is -0.368 e. The van der Waals surface area contributed by atoms with E-state index in [1.165, 1.54) is 6.07 Å². The zero-order chi connectivity index (χ0) is 14.7. The van der Waals surface area contributed by atoms with Crippen molar-refractivity contribution < 1.29 is 4.39 Å². The molecule has 1 aromatic heterocycles. The number of aromatic nitrogens is 2. The summed E-state index contributed by atoms with van der Waals surface area (Å²) in [5.74, 6) is 0.271. The molecule has 0 radical (unpaired) electrons. The lowest BCUT2D eigenvalue weighted by atomic mass is 10.1. The van der Waals surface area contributed by atoms with Crippen LogP contribution < -0.4 is 5.32 Å². The first-order valence-electron chi connectivity index (χ1n) is 6.57. The Bertz CT molecular complexity index is 629.